The second kappa shape index (κ2) is 8.10. The molecule has 1 aromatic carbocycles. The first-order chi connectivity index (χ1) is 14.0. The molecule has 2 aliphatic rings. The molecule has 3 atom stereocenters. The van der Waals surface area contributed by atoms with E-state index in [0.717, 1.165) is 12.8 Å². The summed E-state index contributed by atoms with van der Waals surface area (Å²) >= 11 is 0. The fourth-order valence-electron chi connectivity index (χ4n) is 4.50. The molecule has 2 fully saturated rings. The highest BCUT2D eigenvalue weighted by Gasteiger charge is 2.38. The van der Waals surface area contributed by atoms with E-state index >= 15 is 0 Å². The quantitative estimate of drug-likeness (QED) is 0.781. The fourth-order valence-corrected chi connectivity index (χ4v) is 4.50. The Morgan fingerprint density at radius 3 is 2.34 bits per heavy atom. The second-order valence-electron chi connectivity index (χ2n) is 7.74. The molecule has 0 amide bonds. The molecule has 0 radical (unpaired) electrons. The van der Waals surface area contributed by atoms with Crippen molar-refractivity contribution in [3.8, 4) is 22.8 Å². The highest BCUT2D eigenvalue weighted by molar-refractivity contribution is 5.65. The van der Waals surface area contributed by atoms with E-state index in [2.05, 4.69) is 27.2 Å². The van der Waals surface area contributed by atoms with Crippen LogP contribution >= 0.6 is 0 Å². The van der Waals surface area contributed by atoms with Crippen molar-refractivity contribution in [3.05, 3.63) is 30.0 Å². The third-order valence-corrected chi connectivity index (χ3v) is 6.08. The van der Waals surface area contributed by atoms with Crippen molar-refractivity contribution in [2.24, 2.45) is 0 Å². The minimum Gasteiger partial charge on any atom is -0.493 e. The number of anilines is 1. The number of ether oxygens (including phenoxy) is 2. The molecule has 0 saturated carbocycles. The summed E-state index contributed by atoms with van der Waals surface area (Å²) in [6.45, 7) is 0. The van der Waals surface area contributed by atoms with Gasteiger partial charge in [0.25, 0.3) is 6.43 Å². The zero-order valence-electron chi connectivity index (χ0n) is 16.9. The summed E-state index contributed by atoms with van der Waals surface area (Å²) in [5.41, 5.74) is 0.802. The molecule has 2 saturated heterocycles. The highest BCUT2D eigenvalue weighted by atomic mass is 19.3. The van der Waals surface area contributed by atoms with Crippen LogP contribution < -0.4 is 14.8 Å². The van der Waals surface area contributed by atoms with Gasteiger partial charge in [0.15, 0.2) is 11.5 Å². The number of nitrogens with one attached hydrogen (secondary N) is 1. The van der Waals surface area contributed by atoms with Gasteiger partial charge in [0.05, 0.1) is 19.9 Å². The van der Waals surface area contributed by atoms with E-state index in [1.807, 2.05) is 0 Å². The zero-order valence-corrected chi connectivity index (χ0v) is 16.9. The molecule has 4 rings (SSSR count). The van der Waals surface area contributed by atoms with E-state index in [1.165, 1.54) is 26.0 Å². The van der Waals surface area contributed by atoms with Crippen LogP contribution in [0.25, 0.3) is 11.3 Å². The Bertz CT molecular complexity index is 866. The average Bonchev–Trinajstić information content (AvgIpc) is 2.93. The third kappa shape index (κ3) is 3.99. The van der Waals surface area contributed by atoms with Gasteiger partial charge in [0.2, 0.25) is 5.95 Å². The van der Waals surface area contributed by atoms with Crippen LogP contribution in [0, 0.1) is 0 Å². The van der Waals surface area contributed by atoms with Crippen molar-refractivity contribution in [1.29, 1.82) is 0 Å². The minimum atomic E-state index is -2.67. The van der Waals surface area contributed by atoms with Crippen LogP contribution in [0.5, 0.6) is 11.5 Å². The number of nitrogens with zero attached hydrogens (tertiary/aromatic N) is 3. The van der Waals surface area contributed by atoms with Crippen molar-refractivity contribution in [2.45, 2.75) is 50.2 Å². The maximum atomic E-state index is 13.5. The summed E-state index contributed by atoms with van der Waals surface area (Å²) in [5.74, 6) is 1.34. The van der Waals surface area contributed by atoms with Crippen molar-refractivity contribution < 1.29 is 18.3 Å². The van der Waals surface area contributed by atoms with Gasteiger partial charge in [-0.25, -0.2) is 18.7 Å². The molecule has 1 unspecified atom stereocenters. The molecule has 0 aliphatic carbocycles. The number of halogens is 2. The smallest absolute Gasteiger partial charge is 0.280 e. The first-order valence-corrected chi connectivity index (χ1v) is 9.86. The SMILES string of the molecule is COc1ccc(-c2cc(C(F)F)nc(NC3C[C@H]4CC[C@@H](C3)N4C)n2)cc1OC. The van der Waals surface area contributed by atoms with Crippen LogP contribution in [0.15, 0.2) is 24.3 Å². The molecule has 0 spiro atoms. The summed E-state index contributed by atoms with van der Waals surface area (Å²) < 4.78 is 37.6. The number of methoxy groups -OCH3 is 2. The Hall–Kier alpha value is -2.48. The summed E-state index contributed by atoms with van der Waals surface area (Å²) in [5, 5.41) is 3.32. The van der Waals surface area contributed by atoms with Crippen LogP contribution in [0.2, 0.25) is 0 Å². The Kier molecular flexibility index (Phi) is 5.54. The number of rotatable bonds is 6. The van der Waals surface area contributed by atoms with Crippen LogP contribution in [-0.4, -0.2) is 54.3 Å². The van der Waals surface area contributed by atoms with Gasteiger partial charge in [-0.3, -0.25) is 0 Å². The van der Waals surface area contributed by atoms with Crippen LogP contribution in [-0.2, 0) is 0 Å². The average molecular weight is 404 g/mol. The summed E-state index contributed by atoms with van der Waals surface area (Å²) in [7, 11) is 5.25. The van der Waals surface area contributed by atoms with Gasteiger partial charge in [0.1, 0.15) is 5.69 Å². The molecule has 6 nitrogen and oxygen atoms in total. The monoisotopic (exact) mass is 404 g/mol. The Morgan fingerprint density at radius 2 is 1.72 bits per heavy atom. The number of hydrogen-bond acceptors (Lipinski definition) is 6. The molecule has 2 bridgehead atoms. The number of benzene rings is 1. The summed E-state index contributed by atoms with van der Waals surface area (Å²) in [4.78, 5) is 11.0. The number of alkyl halides is 2. The number of aromatic nitrogens is 2. The summed E-state index contributed by atoms with van der Waals surface area (Å²) in [6, 6.07) is 7.84. The maximum Gasteiger partial charge on any atom is 0.280 e. The number of hydrogen-bond donors (Lipinski definition) is 1. The van der Waals surface area contributed by atoms with E-state index in [1.54, 1.807) is 25.3 Å². The molecule has 2 aliphatic heterocycles. The second-order valence-corrected chi connectivity index (χ2v) is 7.74. The highest BCUT2D eigenvalue weighted by Crippen LogP contribution is 2.36. The van der Waals surface area contributed by atoms with E-state index in [4.69, 9.17) is 9.47 Å². The van der Waals surface area contributed by atoms with E-state index < -0.39 is 6.43 Å². The Morgan fingerprint density at radius 1 is 1.03 bits per heavy atom. The first-order valence-electron chi connectivity index (χ1n) is 9.86. The molecule has 1 aromatic heterocycles. The Balaban J connectivity index is 1.63. The lowest BCUT2D eigenvalue weighted by molar-refractivity contribution is 0.146. The van der Waals surface area contributed by atoms with Gasteiger partial charge in [-0.15, -0.1) is 0 Å². The van der Waals surface area contributed by atoms with Crippen molar-refractivity contribution in [3.63, 3.8) is 0 Å². The number of fused-ring (bicyclic) bond motifs is 2. The van der Waals surface area contributed by atoms with Gasteiger partial charge < -0.3 is 19.7 Å². The zero-order chi connectivity index (χ0) is 20.5. The topological polar surface area (TPSA) is 59.5 Å². The van der Waals surface area contributed by atoms with Gasteiger partial charge in [0, 0.05) is 23.7 Å². The van der Waals surface area contributed by atoms with E-state index in [9.17, 15) is 8.78 Å². The molecule has 3 heterocycles. The summed E-state index contributed by atoms with van der Waals surface area (Å²) in [6.07, 6.45) is 1.65. The minimum absolute atomic E-state index is 0.190. The molecule has 29 heavy (non-hydrogen) atoms. The lowest BCUT2D eigenvalue weighted by Crippen LogP contribution is -2.44. The fraction of sp³-hybridized carbons (Fsp3) is 0.524. The van der Waals surface area contributed by atoms with Crippen LogP contribution in [0.4, 0.5) is 14.7 Å². The van der Waals surface area contributed by atoms with Crippen LogP contribution in [0.1, 0.15) is 37.8 Å². The van der Waals surface area contributed by atoms with Gasteiger partial charge in [-0.05, 0) is 57.0 Å². The van der Waals surface area contributed by atoms with Gasteiger partial charge >= 0.3 is 0 Å². The standard InChI is InChI=1S/C21H26F2N4O2/c1-27-14-5-6-15(27)10-13(9-14)24-21-25-16(11-17(26-21)20(22)23)12-4-7-18(28-2)19(8-12)29-3/h4,7-8,11,13-15,20H,5-6,9-10H2,1-3H3,(H,24,25,26)/t13?,14-,15+. The largest absolute Gasteiger partial charge is 0.493 e. The number of piperidine rings is 1. The molecule has 1 N–H and O–H groups in total. The predicted octanol–water partition coefficient (Wildman–Crippen LogP) is 4.14. The first kappa shape index (κ1) is 19.8. The molecular formula is C21H26F2N4O2. The lowest BCUT2D eigenvalue weighted by atomic mass is 9.98. The lowest BCUT2D eigenvalue weighted by Gasteiger charge is -2.36. The van der Waals surface area contributed by atoms with Crippen LogP contribution in [0.3, 0.4) is 0 Å². The normalized spacial score (nSPS) is 24.0. The third-order valence-electron chi connectivity index (χ3n) is 6.08. The molecule has 8 heteroatoms. The molecular weight excluding hydrogens is 378 g/mol. The van der Waals surface area contributed by atoms with E-state index in [0.29, 0.717) is 34.8 Å². The molecule has 2 aromatic rings. The van der Waals surface area contributed by atoms with Crippen molar-refractivity contribution >= 4 is 5.95 Å². The van der Waals surface area contributed by atoms with Gasteiger partial charge in [-0.1, -0.05) is 0 Å². The van der Waals surface area contributed by atoms with Crippen molar-refractivity contribution in [1.82, 2.24) is 14.9 Å². The predicted molar refractivity (Wildman–Crippen MR) is 107 cm³/mol. The molecule has 156 valence electrons. The Labute approximate surface area is 169 Å². The van der Waals surface area contributed by atoms with Gasteiger partial charge in [-0.2, -0.15) is 0 Å². The maximum absolute atomic E-state index is 13.5. The van der Waals surface area contributed by atoms with Crippen molar-refractivity contribution in [2.75, 3.05) is 26.6 Å². The van der Waals surface area contributed by atoms with E-state index in [-0.39, 0.29) is 17.7 Å².